The van der Waals surface area contributed by atoms with Crippen molar-refractivity contribution in [1.29, 1.82) is 0 Å². The first-order valence-electron chi connectivity index (χ1n) is 8.04. The zero-order valence-electron chi connectivity index (χ0n) is 13.5. The van der Waals surface area contributed by atoms with Crippen molar-refractivity contribution in [3.63, 3.8) is 0 Å². The first-order chi connectivity index (χ1) is 12.8. The Kier molecular flexibility index (Phi) is 3.11. The van der Waals surface area contributed by atoms with E-state index in [4.69, 9.17) is 0 Å². The lowest BCUT2D eigenvalue weighted by Crippen LogP contribution is -2.08. The average molecular weight is 340 g/mol. The molecule has 0 aliphatic rings. The van der Waals surface area contributed by atoms with Crippen LogP contribution in [-0.2, 0) is 0 Å². The average Bonchev–Trinajstić information content (AvgIpc) is 3.21. The van der Waals surface area contributed by atoms with Crippen molar-refractivity contribution in [2.45, 2.75) is 0 Å². The second-order valence-electron chi connectivity index (χ2n) is 5.85. The van der Waals surface area contributed by atoms with Gasteiger partial charge in [0.2, 0.25) is 5.56 Å². The smallest absolute Gasteiger partial charge is 0.249 e. The van der Waals surface area contributed by atoms with Crippen molar-refractivity contribution < 1.29 is 0 Å². The highest BCUT2D eigenvalue weighted by Gasteiger charge is 2.13. The molecule has 0 unspecified atom stereocenters. The van der Waals surface area contributed by atoms with E-state index in [-0.39, 0.29) is 5.56 Å². The molecular formula is C19H12N6O. The number of hydrogen-bond donors (Lipinski definition) is 1. The molecule has 0 spiro atoms. The maximum absolute atomic E-state index is 11.6. The molecule has 26 heavy (non-hydrogen) atoms. The molecule has 0 bridgehead atoms. The monoisotopic (exact) mass is 340 g/mol. The lowest BCUT2D eigenvalue weighted by Gasteiger charge is -2.10. The number of H-pyrrole nitrogens is 1. The van der Waals surface area contributed by atoms with Crippen LogP contribution in [0.5, 0.6) is 0 Å². The third kappa shape index (κ3) is 2.34. The standard InChI is InChI=1S/C19H12N6O/c26-17-6-4-14-11-15(12-3-5-16-13(10-12)2-1-7-20-16)19(24-18(14)23-17)25-21-8-9-22-25/h1-11H,(H,23,24,26). The maximum atomic E-state index is 11.6. The van der Waals surface area contributed by atoms with E-state index < -0.39 is 0 Å². The van der Waals surface area contributed by atoms with Gasteiger partial charge in [0.15, 0.2) is 5.82 Å². The molecule has 4 heterocycles. The van der Waals surface area contributed by atoms with Crippen LogP contribution >= 0.6 is 0 Å². The highest BCUT2D eigenvalue weighted by Crippen LogP contribution is 2.29. The van der Waals surface area contributed by atoms with Crippen molar-refractivity contribution in [2.24, 2.45) is 0 Å². The summed E-state index contributed by atoms with van der Waals surface area (Å²) in [5.41, 5.74) is 3.06. The van der Waals surface area contributed by atoms with Crippen LogP contribution in [-0.4, -0.2) is 29.9 Å². The third-order valence-corrected chi connectivity index (χ3v) is 4.21. The van der Waals surface area contributed by atoms with E-state index in [0.717, 1.165) is 27.4 Å². The summed E-state index contributed by atoms with van der Waals surface area (Å²) < 4.78 is 0. The van der Waals surface area contributed by atoms with Gasteiger partial charge in [-0.1, -0.05) is 12.1 Å². The number of benzene rings is 1. The zero-order valence-corrected chi connectivity index (χ0v) is 13.5. The molecule has 0 saturated heterocycles. The maximum Gasteiger partial charge on any atom is 0.249 e. The fraction of sp³-hybridized carbons (Fsp3) is 0. The molecule has 7 nitrogen and oxygen atoms in total. The van der Waals surface area contributed by atoms with Crippen molar-refractivity contribution in [3.05, 3.63) is 77.5 Å². The van der Waals surface area contributed by atoms with E-state index in [1.165, 1.54) is 10.9 Å². The van der Waals surface area contributed by atoms with Crippen molar-refractivity contribution in [2.75, 3.05) is 0 Å². The molecule has 7 heteroatoms. The predicted octanol–water partition coefficient (Wildman–Crippen LogP) is 2.72. The van der Waals surface area contributed by atoms with Gasteiger partial charge in [0, 0.05) is 28.6 Å². The molecule has 0 fully saturated rings. The number of nitrogens with zero attached hydrogens (tertiary/aromatic N) is 5. The van der Waals surface area contributed by atoms with E-state index in [2.05, 4.69) is 31.2 Å². The van der Waals surface area contributed by atoms with Gasteiger partial charge in [-0.05, 0) is 35.9 Å². The Balaban J connectivity index is 1.83. The molecule has 0 amide bonds. The van der Waals surface area contributed by atoms with E-state index in [9.17, 15) is 4.79 Å². The lowest BCUT2D eigenvalue weighted by atomic mass is 10.0. The molecule has 1 N–H and O–H groups in total. The summed E-state index contributed by atoms with van der Waals surface area (Å²) in [7, 11) is 0. The van der Waals surface area contributed by atoms with Crippen LogP contribution in [0.25, 0.3) is 38.9 Å². The van der Waals surface area contributed by atoms with Crippen LogP contribution in [0, 0.1) is 0 Å². The number of aromatic amines is 1. The minimum atomic E-state index is -0.200. The second-order valence-corrected chi connectivity index (χ2v) is 5.85. The van der Waals surface area contributed by atoms with Crippen molar-refractivity contribution in [3.8, 4) is 16.9 Å². The van der Waals surface area contributed by atoms with Gasteiger partial charge in [-0.15, -0.1) is 4.80 Å². The Labute approximate surface area is 147 Å². The first-order valence-corrected chi connectivity index (χ1v) is 8.04. The van der Waals surface area contributed by atoms with Crippen LogP contribution in [0.3, 0.4) is 0 Å². The van der Waals surface area contributed by atoms with Gasteiger partial charge in [-0.2, -0.15) is 10.2 Å². The summed E-state index contributed by atoms with van der Waals surface area (Å²) in [6.45, 7) is 0. The fourth-order valence-electron chi connectivity index (χ4n) is 3.00. The van der Waals surface area contributed by atoms with E-state index in [1.54, 1.807) is 24.7 Å². The van der Waals surface area contributed by atoms with E-state index in [0.29, 0.717) is 11.5 Å². The minimum absolute atomic E-state index is 0.200. The molecular weight excluding hydrogens is 328 g/mol. The Hall–Kier alpha value is -3.87. The van der Waals surface area contributed by atoms with Crippen LogP contribution < -0.4 is 5.56 Å². The minimum Gasteiger partial charge on any atom is -0.307 e. The molecule has 0 saturated carbocycles. The van der Waals surface area contributed by atoms with Gasteiger partial charge < -0.3 is 4.98 Å². The molecule has 5 aromatic rings. The summed E-state index contributed by atoms with van der Waals surface area (Å²) in [5, 5.41) is 10.3. The molecule has 4 aromatic heterocycles. The van der Waals surface area contributed by atoms with E-state index in [1.807, 2.05) is 30.3 Å². The second kappa shape index (κ2) is 5.59. The Bertz CT molecular complexity index is 1310. The summed E-state index contributed by atoms with van der Waals surface area (Å²) in [6.07, 6.45) is 4.95. The molecule has 0 aliphatic carbocycles. The van der Waals surface area contributed by atoms with Gasteiger partial charge >= 0.3 is 0 Å². The van der Waals surface area contributed by atoms with Gasteiger partial charge in [0.25, 0.3) is 0 Å². The SMILES string of the molecule is O=c1ccc2cc(-c3ccc4ncccc4c3)c(-n3nccn3)nc2[nH]1. The Morgan fingerprint density at radius 2 is 1.77 bits per heavy atom. The molecule has 0 atom stereocenters. The van der Waals surface area contributed by atoms with Crippen LogP contribution in [0.2, 0.25) is 0 Å². The normalized spacial score (nSPS) is 11.2. The summed E-state index contributed by atoms with van der Waals surface area (Å²) in [5.74, 6) is 0.549. The molecule has 1 aromatic carbocycles. The van der Waals surface area contributed by atoms with Gasteiger partial charge in [-0.3, -0.25) is 9.78 Å². The fourth-order valence-corrected chi connectivity index (χ4v) is 3.00. The van der Waals surface area contributed by atoms with Crippen LogP contribution in [0.1, 0.15) is 0 Å². The molecule has 0 radical (unpaired) electrons. The number of aromatic nitrogens is 6. The highest BCUT2D eigenvalue weighted by molar-refractivity contribution is 5.89. The first kappa shape index (κ1) is 14.5. The quantitative estimate of drug-likeness (QED) is 0.534. The van der Waals surface area contributed by atoms with Crippen LogP contribution in [0.15, 0.2) is 71.9 Å². The topological polar surface area (TPSA) is 89.3 Å². The van der Waals surface area contributed by atoms with Crippen molar-refractivity contribution in [1.82, 2.24) is 29.9 Å². The third-order valence-electron chi connectivity index (χ3n) is 4.21. The number of pyridine rings is 3. The summed E-state index contributed by atoms with van der Waals surface area (Å²) in [6, 6.07) is 15.2. The summed E-state index contributed by atoms with van der Waals surface area (Å²) >= 11 is 0. The summed E-state index contributed by atoms with van der Waals surface area (Å²) in [4.78, 5) is 24.8. The number of hydrogen-bond acceptors (Lipinski definition) is 5. The highest BCUT2D eigenvalue weighted by atomic mass is 16.1. The van der Waals surface area contributed by atoms with Crippen molar-refractivity contribution >= 4 is 21.9 Å². The number of rotatable bonds is 2. The van der Waals surface area contributed by atoms with Gasteiger partial charge in [-0.25, -0.2) is 4.98 Å². The Morgan fingerprint density at radius 3 is 2.65 bits per heavy atom. The van der Waals surface area contributed by atoms with Gasteiger partial charge in [0.05, 0.1) is 17.9 Å². The Morgan fingerprint density at radius 1 is 0.885 bits per heavy atom. The molecule has 124 valence electrons. The largest absolute Gasteiger partial charge is 0.307 e. The molecule has 5 rings (SSSR count). The number of fused-ring (bicyclic) bond motifs is 2. The predicted molar refractivity (Wildman–Crippen MR) is 98.0 cm³/mol. The zero-order chi connectivity index (χ0) is 17.5. The number of nitrogens with one attached hydrogen (secondary N) is 1. The van der Waals surface area contributed by atoms with Gasteiger partial charge in [0.1, 0.15) is 5.65 Å². The molecule has 0 aliphatic heterocycles. The van der Waals surface area contributed by atoms with Crippen LogP contribution in [0.4, 0.5) is 0 Å². The van der Waals surface area contributed by atoms with E-state index >= 15 is 0 Å². The lowest BCUT2D eigenvalue weighted by molar-refractivity contribution is 0.733.